The minimum atomic E-state index is 0.00452. The highest BCUT2D eigenvalue weighted by Crippen LogP contribution is 2.40. The van der Waals surface area contributed by atoms with E-state index in [-0.39, 0.29) is 11.1 Å². The molecule has 0 fully saturated rings. The summed E-state index contributed by atoms with van der Waals surface area (Å²) in [4.78, 5) is 0. The van der Waals surface area contributed by atoms with Crippen LogP contribution in [0.1, 0.15) is 89.5 Å². The second-order valence-electron chi connectivity index (χ2n) is 10.3. The average molecular weight is 401 g/mol. The Labute approximate surface area is 182 Å². The van der Waals surface area contributed by atoms with Gasteiger partial charge in [-0.1, -0.05) is 37.6 Å². The van der Waals surface area contributed by atoms with Crippen LogP contribution in [-0.4, -0.2) is 11.1 Å². The van der Waals surface area contributed by atoms with Gasteiger partial charge in [0.25, 0.3) is 0 Å². The molecule has 158 valence electrons. The summed E-state index contributed by atoms with van der Waals surface area (Å²) >= 11 is 0. The van der Waals surface area contributed by atoms with Gasteiger partial charge in [-0.2, -0.15) is 0 Å². The Hall–Kier alpha value is -2.48. The normalized spacial score (nSPS) is 18.5. The number of nitrogens with one attached hydrogen (secondary N) is 2. The number of hydrogen-bond donors (Lipinski definition) is 2. The molecule has 2 aromatic rings. The van der Waals surface area contributed by atoms with Crippen molar-refractivity contribution in [1.82, 2.24) is 0 Å². The van der Waals surface area contributed by atoms with Gasteiger partial charge < -0.3 is 10.6 Å². The summed E-state index contributed by atoms with van der Waals surface area (Å²) in [6.45, 7) is 15.7. The molecule has 2 aliphatic rings. The lowest BCUT2D eigenvalue weighted by atomic mass is 9.82. The van der Waals surface area contributed by atoms with Gasteiger partial charge in [0.2, 0.25) is 0 Å². The quantitative estimate of drug-likeness (QED) is 0.546. The van der Waals surface area contributed by atoms with Crippen molar-refractivity contribution in [2.24, 2.45) is 0 Å². The van der Waals surface area contributed by atoms with E-state index < -0.39 is 0 Å². The standard InChI is InChI=1S/C28H36N2/c1-8-9-22(20-10-12-25-23(14-20)18(2)16-27(4,5)29-25)21-11-13-26-24(15-21)19(3)17-28(6,7)30-26/h10-17,22,29-30H,8-9H2,1-7H3. The van der Waals surface area contributed by atoms with Gasteiger partial charge in [0.15, 0.2) is 0 Å². The minimum Gasteiger partial charge on any atom is -0.376 e. The summed E-state index contributed by atoms with van der Waals surface area (Å²) in [7, 11) is 0. The van der Waals surface area contributed by atoms with Crippen LogP contribution in [-0.2, 0) is 0 Å². The first kappa shape index (κ1) is 20.8. The summed E-state index contributed by atoms with van der Waals surface area (Å²) in [5, 5.41) is 7.33. The summed E-state index contributed by atoms with van der Waals surface area (Å²) in [5.74, 6) is 0.413. The molecule has 2 aliphatic heterocycles. The first-order valence-corrected chi connectivity index (χ1v) is 11.3. The number of anilines is 2. The minimum absolute atomic E-state index is 0.00452. The van der Waals surface area contributed by atoms with Crippen LogP contribution >= 0.6 is 0 Å². The molecule has 30 heavy (non-hydrogen) atoms. The van der Waals surface area contributed by atoms with Crippen molar-refractivity contribution in [1.29, 1.82) is 0 Å². The van der Waals surface area contributed by atoms with E-state index in [1.807, 2.05) is 0 Å². The zero-order valence-corrected chi connectivity index (χ0v) is 19.6. The van der Waals surface area contributed by atoms with Crippen LogP contribution in [0.25, 0.3) is 11.1 Å². The third-order valence-corrected chi connectivity index (χ3v) is 6.39. The molecule has 2 N–H and O–H groups in total. The van der Waals surface area contributed by atoms with Gasteiger partial charge in [0, 0.05) is 28.4 Å². The molecule has 4 rings (SSSR count). The van der Waals surface area contributed by atoms with Crippen LogP contribution < -0.4 is 10.6 Å². The van der Waals surface area contributed by atoms with E-state index in [1.165, 1.54) is 51.2 Å². The molecule has 0 aromatic heterocycles. The van der Waals surface area contributed by atoms with Gasteiger partial charge >= 0.3 is 0 Å². The van der Waals surface area contributed by atoms with Crippen LogP contribution in [0.15, 0.2) is 48.6 Å². The highest BCUT2D eigenvalue weighted by Gasteiger charge is 2.26. The number of rotatable bonds is 4. The van der Waals surface area contributed by atoms with Crippen LogP contribution in [0, 0.1) is 0 Å². The van der Waals surface area contributed by atoms with Crippen LogP contribution in [0.4, 0.5) is 11.4 Å². The Bertz CT molecular complexity index is 955. The van der Waals surface area contributed by atoms with E-state index in [0.717, 1.165) is 6.42 Å². The molecule has 2 nitrogen and oxygen atoms in total. The molecule has 0 amide bonds. The van der Waals surface area contributed by atoms with E-state index in [0.29, 0.717) is 5.92 Å². The zero-order valence-electron chi connectivity index (χ0n) is 19.6. The molecule has 0 saturated carbocycles. The fraction of sp³-hybridized carbons (Fsp3) is 0.429. The monoisotopic (exact) mass is 400 g/mol. The Morgan fingerprint density at radius 3 is 1.57 bits per heavy atom. The van der Waals surface area contributed by atoms with E-state index in [2.05, 4.69) is 108 Å². The third-order valence-electron chi connectivity index (χ3n) is 6.39. The molecule has 2 heterocycles. The second kappa shape index (κ2) is 7.34. The van der Waals surface area contributed by atoms with Crippen molar-refractivity contribution in [3.63, 3.8) is 0 Å². The smallest absolute Gasteiger partial charge is 0.0505 e. The maximum absolute atomic E-state index is 3.67. The summed E-state index contributed by atoms with van der Waals surface area (Å²) in [6.07, 6.45) is 7.00. The fourth-order valence-electron chi connectivity index (χ4n) is 5.25. The van der Waals surface area contributed by atoms with Crippen molar-refractivity contribution in [3.8, 4) is 0 Å². The highest BCUT2D eigenvalue weighted by molar-refractivity contribution is 5.82. The summed E-state index contributed by atoms with van der Waals surface area (Å²) in [6, 6.07) is 14.0. The Kier molecular flexibility index (Phi) is 5.08. The lowest BCUT2D eigenvalue weighted by molar-refractivity contribution is 0.691. The third kappa shape index (κ3) is 3.93. The maximum atomic E-state index is 3.67. The van der Waals surface area contributed by atoms with Gasteiger partial charge in [-0.15, -0.1) is 0 Å². The van der Waals surface area contributed by atoms with Crippen molar-refractivity contribution in [2.75, 3.05) is 10.6 Å². The Morgan fingerprint density at radius 2 is 1.17 bits per heavy atom. The maximum Gasteiger partial charge on any atom is 0.0505 e. The lowest BCUT2D eigenvalue weighted by Gasteiger charge is -2.33. The highest BCUT2D eigenvalue weighted by atomic mass is 15.0. The number of allylic oxidation sites excluding steroid dienone is 2. The first-order valence-electron chi connectivity index (χ1n) is 11.3. The molecule has 2 aromatic carbocycles. The zero-order chi connectivity index (χ0) is 21.7. The number of fused-ring (bicyclic) bond motifs is 2. The Morgan fingerprint density at radius 1 is 0.733 bits per heavy atom. The van der Waals surface area contributed by atoms with E-state index in [9.17, 15) is 0 Å². The number of hydrogen-bond acceptors (Lipinski definition) is 2. The molecule has 0 bridgehead atoms. The van der Waals surface area contributed by atoms with Gasteiger partial charge in [-0.25, -0.2) is 0 Å². The molecule has 0 spiro atoms. The largest absolute Gasteiger partial charge is 0.376 e. The molecule has 0 unspecified atom stereocenters. The SMILES string of the molecule is CCCC(c1ccc2c(c1)C(C)=CC(C)(C)N2)c1ccc2c(c1)C(C)=CC(C)(C)N2. The van der Waals surface area contributed by atoms with Crippen molar-refractivity contribution in [2.45, 2.75) is 78.3 Å². The summed E-state index contributed by atoms with van der Waals surface area (Å²) in [5.41, 5.74) is 10.7. The van der Waals surface area contributed by atoms with Gasteiger partial charge in [-0.3, -0.25) is 0 Å². The summed E-state index contributed by atoms with van der Waals surface area (Å²) < 4.78 is 0. The van der Waals surface area contributed by atoms with E-state index in [4.69, 9.17) is 0 Å². The topological polar surface area (TPSA) is 24.1 Å². The molecule has 0 aliphatic carbocycles. The molecular weight excluding hydrogens is 364 g/mol. The van der Waals surface area contributed by atoms with Crippen molar-refractivity contribution in [3.05, 3.63) is 70.8 Å². The predicted molar refractivity (Wildman–Crippen MR) is 132 cm³/mol. The lowest BCUT2D eigenvalue weighted by Crippen LogP contribution is -2.31. The fourth-order valence-corrected chi connectivity index (χ4v) is 5.25. The molecule has 0 radical (unpaired) electrons. The van der Waals surface area contributed by atoms with Gasteiger partial charge in [-0.05, 0) is 94.5 Å². The van der Waals surface area contributed by atoms with Crippen molar-refractivity contribution >= 4 is 22.5 Å². The molecule has 2 heteroatoms. The van der Waals surface area contributed by atoms with E-state index >= 15 is 0 Å². The first-order chi connectivity index (χ1) is 14.1. The molecular formula is C28H36N2. The van der Waals surface area contributed by atoms with Crippen LogP contribution in [0.5, 0.6) is 0 Å². The van der Waals surface area contributed by atoms with Crippen LogP contribution in [0.2, 0.25) is 0 Å². The van der Waals surface area contributed by atoms with Crippen LogP contribution in [0.3, 0.4) is 0 Å². The second-order valence-corrected chi connectivity index (χ2v) is 10.3. The van der Waals surface area contributed by atoms with Gasteiger partial charge in [0.1, 0.15) is 0 Å². The molecule has 0 saturated heterocycles. The van der Waals surface area contributed by atoms with E-state index in [1.54, 1.807) is 0 Å². The average Bonchev–Trinajstić information content (AvgIpc) is 2.64. The Balaban J connectivity index is 1.75. The van der Waals surface area contributed by atoms with Gasteiger partial charge in [0.05, 0.1) is 11.1 Å². The molecule has 0 atom stereocenters. The van der Waals surface area contributed by atoms with Crippen molar-refractivity contribution < 1.29 is 0 Å². The predicted octanol–water partition coefficient (Wildman–Crippen LogP) is 7.83. The number of benzene rings is 2.